The molecule has 128 valence electrons. The van der Waals surface area contributed by atoms with E-state index < -0.39 is 0 Å². The Hall–Kier alpha value is -2.70. The lowest BCUT2D eigenvalue weighted by Crippen LogP contribution is -2.27. The van der Waals surface area contributed by atoms with Gasteiger partial charge in [0, 0.05) is 46.4 Å². The summed E-state index contributed by atoms with van der Waals surface area (Å²) in [6.45, 7) is 3.63. The molecule has 2 rings (SSSR count). The van der Waals surface area contributed by atoms with Gasteiger partial charge in [0.25, 0.3) is 5.91 Å². The molecular weight excluding hydrogens is 308 g/mol. The Labute approximate surface area is 140 Å². The van der Waals surface area contributed by atoms with Crippen LogP contribution in [-0.4, -0.2) is 38.1 Å². The van der Waals surface area contributed by atoms with Crippen molar-refractivity contribution in [2.45, 2.75) is 26.7 Å². The number of aromatic nitrogens is 3. The van der Waals surface area contributed by atoms with E-state index in [1.54, 1.807) is 35.5 Å². The van der Waals surface area contributed by atoms with Crippen LogP contribution in [0.4, 0.5) is 0 Å². The first-order chi connectivity index (χ1) is 11.3. The lowest BCUT2D eigenvalue weighted by Gasteiger charge is -2.05. The van der Waals surface area contributed by atoms with Crippen LogP contribution in [0.2, 0.25) is 0 Å². The number of carbonyl (C=O) groups is 3. The number of nitrogens with one attached hydrogen (secondary N) is 1. The summed E-state index contributed by atoms with van der Waals surface area (Å²) in [5.74, 6) is -0.0341. The zero-order valence-electron chi connectivity index (χ0n) is 14.4. The molecule has 7 nitrogen and oxygen atoms in total. The van der Waals surface area contributed by atoms with Gasteiger partial charge in [0.1, 0.15) is 11.5 Å². The Kier molecular flexibility index (Phi) is 5.33. The van der Waals surface area contributed by atoms with Gasteiger partial charge in [-0.1, -0.05) is 0 Å². The minimum atomic E-state index is -0.199. The van der Waals surface area contributed by atoms with Crippen molar-refractivity contribution in [3.8, 4) is 0 Å². The largest absolute Gasteiger partial charge is 0.350 e. The van der Waals surface area contributed by atoms with Crippen molar-refractivity contribution in [3.63, 3.8) is 0 Å². The fourth-order valence-electron chi connectivity index (χ4n) is 2.59. The Morgan fingerprint density at radius 3 is 2.42 bits per heavy atom. The van der Waals surface area contributed by atoms with Gasteiger partial charge >= 0.3 is 0 Å². The van der Waals surface area contributed by atoms with Crippen molar-refractivity contribution in [3.05, 3.63) is 41.2 Å². The van der Waals surface area contributed by atoms with Crippen LogP contribution in [0.25, 0.3) is 0 Å². The van der Waals surface area contributed by atoms with Gasteiger partial charge in [-0.2, -0.15) is 0 Å². The second kappa shape index (κ2) is 7.25. The van der Waals surface area contributed by atoms with Crippen molar-refractivity contribution < 1.29 is 14.4 Å². The molecule has 0 bridgehead atoms. The number of amides is 1. The van der Waals surface area contributed by atoms with E-state index in [-0.39, 0.29) is 36.9 Å². The molecule has 2 aromatic rings. The molecule has 7 heteroatoms. The van der Waals surface area contributed by atoms with Gasteiger partial charge in [0.05, 0.1) is 12.1 Å². The van der Waals surface area contributed by atoms with Crippen LogP contribution in [-0.2, 0) is 25.3 Å². The average Bonchev–Trinajstić information content (AvgIpc) is 3.01. The van der Waals surface area contributed by atoms with Crippen LogP contribution in [0.3, 0.4) is 0 Å². The lowest BCUT2D eigenvalue weighted by molar-refractivity contribution is -0.118. The van der Waals surface area contributed by atoms with E-state index in [9.17, 15) is 14.4 Å². The standard InChI is InChI=1S/C17H22N4O3/c1-11-7-15(20(3)9-11)17(24)18-6-5-14(23)8-13-10-21(4)16(19-13)12(2)22/h7,9-10H,5-6,8H2,1-4H3,(H,18,24). The maximum absolute atomic E-state index is 12.0. The number of carbonyl (C=O) groups excluding carboxylic acids is 3. The van der Waals surface area contributed by atoms with Crippen molar-refractivity contribution in [2.24, 2.45) is 14.1 Å². The molecule has 0 fully saturated rings. The van der Waals surface area contributed by atoms with E-state index in [1.807, 2.05) is 13.1 Å². The highest BCUT2D eigenvalue weighted by Crippen LogP contribution is 2.06. The topological polar surface area (TPSA) is 86.0 Å². The van der Waals surface area contributed by atoms with Crippen molar-refractivity contribution in [1.82, 2.24) is 19.4 Å². The molecular formula is C17H22N4O3. The first-order valence-electron chi connectivity index (χ1n) is 7.74. The van der Waals surface area contributed by atoms with Crippen molar-refractivity contribution >= 4 is 17.5 Å². The first-order valence-corrected chi connectivity index (χ1v) is 7.74. The van der Waals surface area contributed by atoms with Gasteiger partial charge in [-0.15, -0.1) is 0 Å². The second-order valence-electron chi connectivity index (χ2n) is 5.96. The SMILES string of the molecule is CC(=O)c1nc(CC(=O)CCNC(=O)c2cc(C)cn2C)cn1C. The molecule has 1 amide bonds. The Balaban J connectivity index is 1.83. The number of imidazole rings is 1. The van der Waals surface area contributed by atoms with Gasteiger partial charge < -0.3 is 14.5 Å². The van der Waals surface area contributed by atoms with E-state index in [1.165, 1.54) is 6.92 Å². The van der Waals surface area contributed by atoms with Gasteiger partial charge in [0.2, 0.25) is 0 Å². The fourth-order valence-corrected chi connectivity index (χ4v) is 2.59. The lowest BCUT2D eigenvalue weighted by atomic mass is 10.2. The molecule has 0 aliphatic heterocycles. The van der Waals surface area contributed by atoms with Crippen LogP contribution < -0.4 is 5.32 Å². The monoisotopic (exact) mass is 330 g/mol. The molecule has 0 atom stereocenters. The molecule has 0 aliphatic carbocycles. The Bertz CT molecular complexity index is 786. The molecule has 0 aliphatic rings. The quantitative estimate of drug-likeness (QED) is 0.773. The summed E-state index contributed by atoms with van der Waals surface area (Å²) in [6, 6.07) is 1.80. The van der Waals surface area contributed by atoms with Crippen molar-refractivity contribution in [1.29, 1.82) is 0 Å². The number of nitrogens with zero attached hydrogens (tertiary/aromatic N) is 3. The molecule has 2 heterocycles. The maximum atomic E-state index is 12.0. The van der Waals surface area contributed by atoms with E-state index in [0.717, 1.165) is 5.56 Å². The highest BCUT2D eigenvalue weighted by molar-refractivity contribution is 5.93. The summed E-state index contributed by atoms with van der Waals surface area (Å²) in [5, 5.41) is 2.74. The number of hydrogen-bond acceptors (Lipinski definition) is 4. The summed E-state index contributed by atoms with van der Waals surface area (Å²) in [5.41, 5.74) is 2.14. The third-order valence-corrected chi connectivity index (χ3v) is 3.68. The summed E-state index contributed by atoms with van der Waals surface area (Å²) < 4.78 is 3.37. The summed E-state index contributed by atoms with van der Waals surface area (Å²) in [7, 11) is 3.53. The number of Topliss-reactive ketones (excluding diaryl/α,β-unsaturated/α-hetero) is 2. The maximum Gasteiger partial charge on any atom is 0.267 e. The van der Waals surface area contributed by atoms with Gasteiger partial charge in [-0.25, -0.2) is 4.98 Å². The van der Waals surface area contributed by atoms with Gasteiger partial charge in [0.15, 0.2) is 11.6 Å². The molecule has 24 heavy (non-hydrogen) atoms. The Morgan fingerprint density at radius 1 is 1.17 bits per heavy atom. The zero-order chi connectivity index (χ0) is 17.9. The van der Waals surface area contributed by atoms with Gasteiger partial charge in [-0.3, -0.25) is 14.4 Å². The van der Waals surface area contributed by atoms with E-state index >= 15 is 0 Å². The number of ketones is 2. The molecule has 0 radical (unpaired) electrons. The van der Waals surface area contributed by atoms with Crippen LogP contribution in [0.1, 0.15) is 45.7 Å². The second-order valence-corrected chi connectivity index (χ2v) is 5.96. The molecule has 0 aromatic carbocycles. The van der Waals surface area contributed by atoms with Crippen LogP contribution >= 0.6 is 0 Å². The molecule has 0 unspecified atom stereocenters. The van der Waals surface area contributed by atoms with Crippen LogP contribution in [0.15, 0.2) is 18.5 Å². The predicted molar refractivity (Wildman–Crippen MR) is 89.0 cm³/mol. The molecule has 0 saturated carbocycles. The average molecular weight is 330 g/mol. The van der Waals surface area contributed by atoms with E-state index in [2.05, 4.69) is 10.3 Å². The third kappa shape index (κ3) is 4.18. The number of aryl methyl sites for hydroxylation is 3. The van der Waals surface area contributed by atoms with E-state index in [4.69, 9.17) is 0 Å². The fraction of sp³-hybridized carbons (Fsp3) is 0.412. The number of hydrogen-bond donors (Lipinski definition) is 1. The highest BCUT2D eigenvalue weighted by atomic mass is 16.2. The molecule has 0 spiro atoms. The summed E-state index contributed by atoms with van der Waals surface area (Å²) in [6.07, 6.45) is 3.93. The first kappa shape index (κ1) is 17.7. The van der Waals surface area contributed by atoms with Gasteiger partial charge in [-0.05, 0) is 18.6 Å². The predicted octanol–water partition coefficient (Wildman–Crippen LogP) is 1.20. The zero-order valence-corrected chi connectivity index (χ0v) is 14.4. The van der Waals surface area contributed by atoms with Crippen molar-refractivity contribution in [2.75, 3.05) is 6.54 Å². The Morgan fingerprint density at radius 2 is 1.88 bits per heavy atom. The van der Waals surface area contributed by atoms with Crippen LogP contribution in [0, 0.1) is 6.92 Å². The molecule has 0 saturated heterocycles. The minimum absolute atomic E-state index is 0.0356. The summed E-state index contributed by atoms with van der Waals surface area (Å²) >= 11 is 0. The highest BCUT2D eigenvalue weighted by Gasteiger charge is 2.14. The third-order valence-electron chi connectivity index (χ3n) is 3.68. The summed E-state index contributed by atoms with van der Waals surface area (Å²) in [4.78, 5) is 39.6. The molecule has 1 N–H and O–H groups in total. The smallest absolute Gasteiger partial charge is 0.267 e. The molecule has 2 aromatic heterocycles. The van der Waals surface area contributed by atoms with E-state index in [0.29, 0.717) is 17.2 Å². The normalized spacial score (nSPS) is 10.7. The minimum Gasteiger partial charge on any atom is -0.350 e. The van der Waals surface area contributed by atoms with Crippen LogP contribution in [0.5, 0.6) is 0 Å². The number of rotatable bonds is 7.